The lowest BCUT2D eigenvalue weighted by atomic mass is 9.85. The summed E-state index contributed by atoms with van der Waals surface area (Å²) in [7, 11) is 3.60. The van der Waals surface area contributed by atoms with Crippen molar-refractivity contribution >= 4 is 5.91 Å². The fourth-order valence-electron chi connectivity index (χ4n) is 1.42. The van der Waals surface area contributed by atoms with E-state index in [1.165, 1.54) is 19.3 Å². The average Bonchev–Trinajstić information content (AvgIpc) is 2.00. The Morgan fingerprint density at radius 1 is 1.46 bits per heavy atom. The summed E-state index contributed by atoms with van der Waals surface area (Å²) in [5, 5.41) is 3.33. The van der Waals surface area contributed by atoms with Gasteiger partial charge in [-0.2, -0.15) is 0 Å². The van der Waals surface area contributed by atoms with Crippen LogP contribution in [0.1, 0.15) is 25.7 Å². The number of nitrogens with one attached hydrogen (secondary N) is 1. The number of nitrogens with zero attached hydrogens (tertiary/aromatic N) is 1. The molecule has 1 aliphatic rings. The lowest BCUT2D eigenvalue weighted by molar-refractivity contribution is -0.128. The maximum absolute atomic E-state index is 11.2. The van der Waals surface area contributed by atoms with Gasteiger partial charge in [0.1, 0.15) is 0 Å². The molecule has 0 unspecified atom stereocenters. The zero-order valence-electron chi connectivity index (χ0n) is 8.68. The second-order valence-electron chi connectivity index (χ2n) is 4.04. The average molecular weight is 184 g/mol. The van der Waals surface area contributed by atoms with Crippen LogP contribution in [-0.4, -0.2) is 38.0 Å². The van der Waals surface area contributed by atoms with E-state index in [2.05, 4.69) is 5.32 Å². The molecule has 0 aromatic heterocycles. The summed E-state index contributed by atoms with van der Waals surface area (Å²) in [5.41, 5.74) is 0. The van der Waals surface area contributed by atoms with Crippen molar-refractivity contribution in [3.8, 4) is 0 Å². The van der Waals surface area contributed by atoms with Crippen molar-refractivity contribution < 1.29 is 4.79 Å². The van der Waals surface area contributed by atoms with Gasteiger partial charge in [0.05, 0.1) is 0 Å². The van der Waals surface area contributed by atoms with Gasteiger partial charge in [0.25, 0.3) is 0 Å². The van der Waals surface area contributed by atoms with Crippen LogP contribution < -0.4 is 5.32 Å². The molecule has 1 N–H and O–H groups in total. The molecule has 3 nitrogen and oxygen atoms in total. The van der Waals surface area contributed by atoms with E-state index in [0.29, 0.717) is 6.42 Å². The quantitative estimate of drug-likeness (QED) is 0.643. The topological polar surface area (TPSA) is 32.3 Å². The van der Waals surface area contributed by atoms with E-state index in [4.69, 9.17) is 0 Å². The molecule has 0 radical (unpaired) electrons. The molecule has 0 bridgehead atoms. The van der Waals surface area contributed by atoms with Crippen molar-refractivity contribution in [1.29, 1.82) is 0 Å². The van der Waals surface area contributed by atoms with Gasteiger partial charge in [0.15, 0.2) is 0 Å². The first-order valence-corrected chi connectivity index (χ1v) is 5.11. The van der Waals surface area contributed by atoms with Crippen LogP contribution in [0.4, 0.5) is 0 Å². The molecule has 0 aromatic carbocycles. The Bertz CT molecular complexity index is 164. The van der Waals surface area contributed by atoms with E-state index in [1.807, 2.05) is 0 Å². The smallest absolute Gasteiger partial charge is 0.223 e. The van der Waals surface area contributed by atoms with Crippen LogP contribution in [0, 0.1) is 5.92 Å². The summed E-state index contributed by atoms with van der Waals surface area (Å²) in [6, 6.07) is 0. The predicted octanol–water partition coefficient (Wildman–Crippen LogP) is 0.854. The minimum atomic E-state index is 0.209. The number of carbonyl (C=O) groups excluding carboxylic acids is 1. The maximum Gasteiger partial charge on any atom is 0.223 e. The molecule has 3 heteroatoms. The first-order valence-electron chi connectivity index (χ1n) is 5.11. The fourth-order valence-corrected chi connectivity index (χ4v) is 1.42. The Balaban J connectivity index is 1.91. The summed E-state index contributed by atoms with van der Waals surface area (Å²) in [6.45, 7) is 1.92. The van der Waals surface area contributed by atoms with Crippen molar-refractivity contribution in [2.45, 2.75) is 25.7 Å². The third-order valence-corrected chi connectivity index (χ3v) is 2.67. The van der Waals surface area contributed by atoms with Gasteiger partial charge in [-0.05, 0) is 25.3 Å². The molecule has 13 heavy (non-hydrogen) atoms. The van der Waals surface area contributed by atoms with Gasteiger partial charge in [0, 0.05) is 27.1 Å². The molecule has 1 amide bonds. The Morgan fingerprint density at radius 2 is 2.15 bits per heavy atom. The Labute approximate surface area is 80.5 Å². The minimum Gasteiger partial charge on any atom is -0.349 e. The molecule has 0 aliphatic heterocycles. The van der Waals surface area contributed by atoms with Crippen molar-refractivity contribution in [3.63, 3.8) is 0 Å². The first kappa shape index (κ1) is 10.5. The Kier molecular flexibility index (Phi) is 4.22. The zero-order chi connectivity index (χ0) is 9.68. The molecule has 1 aliphatic carbocycles. The van der Waals surface area contributed by atoms with Crippen LogP contribution in [-0.2, 0) is 4.79 Å². The van der Waals surface area contributed by atoms with Crippen molar-refractivity contribution in [2.24, 2.45) is 5.92 Å². The zero-order valence-corrected chi connectivity index (χ0v) is 8.68. The van der Waals surface area contributed by atoms with Gasteiger partial charge in [-0.1, -0.05) is 6.42 Å². The number of rotatable bonds is 5. The van der Waals surface area contributed by atoms with Gasteiger partial charge in [-0.25, -0.2) is 0 Å². The summed E-state index contributed by atoms with van der Waals surface area (Å²) in [4.78, 5) is 12.8. The largest absolute Gasteiger partial charge is 0.349 e. The predicted molar refractivity (Wildman–Crippen MR) is 53.5 cm³/mol. The first-order chi connectivity index (χ1) is 6.20. The second-order valence-corrected chi connectivity index (χ2v) is 4.04. The van der Waals surface area contributed by atoms with E-state index in [1.54, 1.807) is 19.0 Å². The molecule has 0 atom stereocenters. The molecular weight excluding hydrogens is 164 g/mol. The normalized spacial score (nSPS) is 16.8. The molecule has 0 aromatic rings. The van der Waals surface area contributed by atoms with Crippen LogP contribution >= 0.6 is 0 Å². The third kappa shape index (κ3) is 3.77. The SMILES string of the molecule is CN(C)C(=O)CCNCC1CCC1. The van der Waals surface area contributed by atoms with Crippen molar-refractivity contribution in [2.75, 3.05) is 27.2 Å². The molecule has 0 saturated heterocycles. The van der Waals surface area contributed by atoms with Gasteiger partial charge in [-0.3, -0.25) is 4.79 Å². The fraction of sp³-hybridized carbons (Fsp3) is 0.900. The number of hydrogen-bond donors (Lipinski definition) is 1. The highest BCUT2D eigenvalue weighted by Gasteiger charge is 2.16. The molecule has 1 saturated carbocycles. The van der Waals surface area contributed by atoms with E-state index < -0.39 is 0 Å². The molecule has 1 fully saturated rings. The minimum absolute atomic E-state index is 0.209. The van der Waals surface area contributed by atoms with Crippen LogP contribution in [0.2, 0.25) is 0 Å². The van der Waals surface area contributed by atoms with Crippen molar-refractivity contribution in [3.05, 3.63) is 0 Å². The molecule has 76 valence electrons. The van der Waals surface area contributed by atoms with Gasteiger partial charge in [-0.15, -0.1) is 0 Å². The lowest BCUT2D eigenvalue weighted by Crippen LogP contribution is -2.31. The van der Waals surface area contributed by atoms with E-state index in [9.17, 15) is 4.79 Å². The Hall–Kier alpha value is -0.570. The van der Waals surface area contributed by atoms with Gasteiger partial charge < -0.3 is 10.2 Å². The van der Waals surface area contributed by atoms with Crippen LogP contribution in [0.25, 0.3) is 0 Å². The lowest BCUT2D eigenvalue weighted by Gasteiger charge is -2.25. The van der Waals surface area contributed by atoms with Crippen LogP contribution in [0.3, 0.4) is 0 Å². The number of hydrogen-bond acceptors (Lipinski definition) is 2. The molecular formula is C10H20N2O. The summed E-state index contributed by atoms with van der Waals surface area (Å²) < 4.78 is 0. The highest BCUT2D eigenvalue weighted by molar-refractivity contribution is 5.75. The second kappa shape index (κ2) is 5.22. The summed E-state index contributed by atoms with van der Waals surface area (Å²) in [6.07, 6.45) is 4.76. The van der Waals surface area contributed by atoms with Crippen LogP contribution in [0.5, 0.6) is 0 Å². The van der Waals surface area contributed by atoms with Crippen LogP contribution in [0.15, 0.2) is 0 Å². The molecule has 1 rings (SSSR count). The van der Waals surface area contributed by atoms with E-state index >= 15 is 0 Å². The maximum atomic E-state index is 11.2. The highest BCUT2D eigenvalue weighted by atomic mass is 16.2. The number of carbonyl (C=O) groups is 1. The van der Waals surface area contributed by atoms with Gasteiger partial charge >= 0.3 is 0 Å². The highest BCUT2D eigenvalue weighted by Crippen LogP contribution is 2.24. The summed E-state index contributed by atoms with van der Waals surface area (Å²) in [5.74, 6) is 1.09. The van der Waals surface area contributed by atoms with E-state index in [0.717, 1.165) is 19.0 Å². The Morgan fingerprint density at radius 3 is 2.62 bits per heavy atom. The van der Waals surface area contributed by atoms with E-state index in [-0.39, 0.29) is 5.91 Å². The molecule has 0 spiro atoms. The number of amides is 1. The monoisotopic (exact) mass is 184 g/mol. The third-order valence-electron chi connectivity index (χ3n) is 2.67. The van der Waals surface area contributed by atoms with Crippen molar-refractivity contribution in [1.82, 2.24) is 10.2 Å². The molecule has 0 heterocycles. The summed E-state index contributed by atoms with van der Waals surface area (Å²) >= 11 is 0. The standard InChI is InChI=1S/C10H20N2O/c1-12(2)10(13)6-7-11-8-9-4-3-5-9/h9,11H,3-8H2,1-2H3. The van der Waals surface area contributed by atoms with Gasteiger partial charge in [0.2, 0.25) is 5.91 Å².